The van der Waals surface area contributed by atoms with Crippen LogP contribution in [0.5, 0.6) is 5.75 Å². The van der Waals surface area contributed by atoms with Crippen LogP contribution in [0.25, 0.3) is 16.6 Å². The van der Waals surface area contributed by atoms with Crippen LogP contribution in [0.3, 0.4) is 0 Å². The Morgan fingerprint density at radius 1 is 0.824 bits per heavy atom. The maximum absolute atomic E-state index is 5.86. The average molecular weight is 469 g/mol. The summed E-state index contributed by atoms with van der Waals surface area (Å²) < 4.78 is 5.86. The molecule has 1 aromatic heterocycles. The molecule has 2 N–H and O–H groups in total. The van der Waals surface area contributed by atoms with Crippen LogP contribution in [-0.4, -0.2) is 17.6 Å². The normalized spacial score (nSPS) is 11.4. The summed E-state index contributed by atoms with van der Waals surface area (Å²) in [6, 6.07) is 6.22. The lowest BCUT2D eigenvalue weighted by molar-refractivity contribution is 0.243. The Bertz CT molecular complexity index is 792. The van der Waals surface area contributed by atoms with Crippen LogP contribution in [0.2, 0.25) is 0 Å². The van der Waals surface area contributed by atoms with Gasteiger partial charge in [0.2, 0.25) is 0 Å². The summed E-state index contributed by atoms with van der Waals surface area (Å²) >= 11 is 0. The fourth-order valence-corrected chi connectivity index (χ4v) is 4.70. The molecule has 0 saturated heterocycles. The maximum Gasteiger partial charge on any atom is 0.120 e. The summed E-state index contributed by atoms with van der Waals surface area (Å²) in [7, 11) is 0. The highest BCUT2D eigenvalue weighted by molar-refractivity contribution is 5.92. The molecule has 0 amide bonds. The molecule has 0 unspecified atom stereocenters. The number of H-pyrrole nitrogens is 1. The minimum Gasteiger partial charge on any atom is -0.491 e. The number of aromatic amines is 1. The van der Waals surface area contributed by atoms with E-state index in [9.17, 15) is 0 Å². The lowest BCUT2D eigenvalue weighted by atomic mass is 10.0. The van der Waals surface area contributed by atoms with Crippen LogP contribution in [-0.2, 0) is 0 Å². The van der Waals surface area contributed by atoms with Gasteiger partial charge in [0.05, 0.1) is 6.10 Å². The Labute approximate surface area is 210 Å². The predicted molar refractivity (Wildman–Crippen MR) is 151 cm³/mol. The topological polar surface area (TPSA) is 37.0 Å². The molecule has 0 aliphatic rings. The molecular weight excluding hydrogens is 416 g/mol. The van der Waals surface area contributed by atoms with Gasteiger partial charge in [0.1, 0.15) is 5.75 Å². The third kappa shape index (κ3) is 11.5. The average Bonchev–Trinajstić information content (AvgIpc) is 3.24. The van der Waals surface area contributed by atoms with Crippen molar-refractivity contribution in [3.05, 3.63) is 36.5 Å². The molecule has 0 spiro atoms. The molecule has 0 bridgehead atoms. The Morgan fingerprint density at radius 3 is 1.88 bits per heavy atom. The number of unbranched alkanes of at least 4 members (excludes halogenated alkanes) is 15. The second-order valence-corrected chi connectivity index (χ2v) is 10.3. The van der Waals surface area contributed by atoms with Crippen LogP contribution in [0.15, 0.2) is 31.0 Å². The third-order valence-corrected chi connectivity index (χ3v) is 6.72. The molecule has 0 aliphatic carbocycles. The predicted octanol–water partition coefficient (Wildman–Crippen LogP) is 9.78. The molecule has 0 saturated carbocycles. The second kappa shape index (κ2) is 17.5. The molecule has 3 heteroatoms. The van der Waals surface area contributed by atoms with E-state index >= 15 is 0 Å². The lowest BCUT2D eigenvalue weighted by Gasteiger charge is -2.11. The van der Waals surface area contributed by atoms with Gasteiger partial charge in [0, 0.05) is 34.9 Å². The smallest absolute Gasteiger partial charge is 0.120 e. The first kappa shape index (κ1) is 28.3. The first-order chi connectivity index (χ1) is 16.6. The number of aromatic nitrogens is 1. The third-order valence-electron chi connectivity index (χ3n) is 6.72. The second-order valence-electron chi connectivity index (χ2n) is 10.3. The van der Waals surface area contributed by atoms with Crippen molar-refractivity contribution in [3.8, 4) is 5.75 Å². The van der Waals surface area contributed by atoms with Crippen molar-refractivity contribution in [2.24, 2.45) is 0 Å². The highest BCUT2D eigenvalue weighted by atomic mass is 16.5. The molecule has 3 nitrogen and oxygen atoms in total. The quantitative estimate of drug-likeness (QED) is 0.179. The zero-order chi connectivity index (χ0) is 24.4. The molecule has 0 fully saturated rings. The molecule has 0 atom stereocenters. The lowest BCUT2D eigenvalue weighted by Crippen LogP contribution is -2.12. The minimum absolute atomic E-state index is 0.177. The molecule has 1 aromatic carbocycles. The number of rotatable bonds is 21. The first-order valence-electron chi connectivity index (χ1n) is 14.3. The van der Waals surface area contributed by atoms with Crippen molar-refractivity contribution in [2.45, 2.75) is 130 Å². The van der Waals surface area contributed by atoms with Crippen LogP contribution in [0.4, 0.5) is 0 Å². The summed E-state index contributed by atoms with van der Waals surface area (Å²) in [4.78, 5) is 3.35. The number of ether oxygens (including phenoxy) is 1. The highest BCUT2D eigenvalue weighted by Crippen LogP contribution is 2.27. The van der Waals surface area contributed by atoms with E-state index in [1.54, 1.807) is 0 Å². The van der Waals surface area contributed by atoms with E-state index in [0.717, 1.165) is 29.1 Å². The van der Waals surface area contributed by atoms with Gasteiger partial charge in [0.15, 0.2) is 0 Å². The zero-order valence-electron chi connectivity index (χ0n) is 22.5. The van der Waals surface area contributed by atoms with Gasteiger partial charge < -0.3 is 15.0 Å². The van der Waals surface area contributed by atoms with E-state index in [1.165, 1.54) is 108 Å². The molecular formula is C31H52N2O. The van der Waals surface area contributed by atoms with Crippen LogP contribution in [0.1, 0.15) is 129 Å². The summed E-state index contributed by atoms with van der Waals surface area (Å²) in [6.45, 7) is 11.7. The van der Waals surface area contributed by atoms with Crippen LogP contribution in [0, 0.1) is 0 Å². The summed E-state index contributed by atoms with van der Waals surface area (Å²) in [5, 5.41) is 4.70. The standard InChI is InChI=1S/C31H52N2O/c1-5-6-7-8-9-10-11-12-13-14-15-16-17-18-19-20-23-32-27(4)30-25-33-31-22-21-28(24-29(30)31)34-26(2)3/h21-22,24-26,32-33H,4-20,23H2,1-3H3. The van der Waals surface area contributed by atoms with E-state index in [0.29, 0.717) is 0 Å². The Morgan fingerprint density at radius 2 is 1.35 bits per heavy atom. The summed E-state index contributed by atoms with van der Waals surface area (Å²) in [5.41, 5.74) is 3.26. The molecule has 0 radical (unpaired) electrons. The van der Waals surface area contributed by atoms with Crippen molar-refractivity contribution in [1.82, 2.24) is 10.3 Å². The van der Waals surface area contributed by atoms with E-state index in [1.807, 2.05) is 12.3 Å². The Kier molecular flexibility index (Phi) is 14.6. The molecule has 0 aliphatic heterocycles. The summed E-state index contributed by atoms with van der Waals surface area (Å²) in [5.74, 6) is 0.911. The van der Waals surface area contributed by atoms with Gasteiger partial charge >= 0.3 is 0 Å². The number of hydrogen-bond acceptors (Lipinski definition) is 2. The first-order valence-corrected chi connectivity index (χ1v) is 14.3. The number of nitrogens with one attached hydrogen (secondary N) is 2. The van der Waals surface area contributed by atoms with Crippen molar-refractivity contribution in [3.63, 3.8) is 0 Å². The van der Waals surface area contributed by atoms with E-state index in [2.05, 4.69) is 49.8 Å². The van der Waals surface area contributed by atoms with Crippen LogP contribution >= 0.6 is 0 Å². The minimum atomic E-state index is 0.177. The van der Waals surface area contributed by atoms with Gasteiger partial charge in [-0.25, -0.2) is 0 Å². The summed E-state index contributed by atoms with van der Waals surface area (Å²) in [6.07, 6.45) is 24.7. The van der Waals surface area contributed by atoms with Crippen molar-refractivity contribution < 1.29 is 4.74 Å². The molecule has 34 heavy (non-hydrogen) atoms. The molecule has 2 aromatic rings. The number of benzene rings is 1. The molecule has 1 heterocycles. The van der Waals surface area contributed by atoms with Crippen molar-refractivity contribution >= 4 is 16.6 Å². The van der Waals surface area contributed by atoms with Gasteiger partial charge in [-0.1, -0.05) is 110 Å². The van der Waals surface area contributed by atoms with Crippen molar-refractivity contribution in [1.29, 1.82) is 0 Å². The van der Waals surface area contributed by atoms with Gasteiger partial charge in [-0.05, 0) is 38.5 Å². The van der Waals surface area contributed by atoms with Gasteiger partial charge in [0.25, 0.3) is 0 Å². The van der Waals surface area contributed by atoms with E-state index in [4.69, 9.17) is 4.74 Å². The Balaban J connectivity index is 1.46. The zero-order valence-corrected chi connectivity index (χ0v) is 22.5. The SMILES string of the molecule is C=C(NCCCCCCCCCCCCCCCCCC)c1c[nH]c2ccc(OC(C)C)cc12. The number of fused-ring (bicyclic) bond motifs is 1. The van der Waals surface area contributed by atoms with Gasteiger partial charge in [-0.2, -0.15) is 0 Å². The van der Waals surface area contributed by atoms with Crippen LogP contribution < -0.4 is 10.1 Å². The monoisotopic (exact) mass is 468 g/mol. The fourth-order valence-electron chi connectivity index (χ4n) is 4.70. The molecule has 2 rings (SSSR count). The highest BCUT2D eigenvalue weighted by Gasteiger charge is 2.09. The van der Waals surface area contributed by atoms with Crippen molar-refractivity contribution in [2.75, 3.05) is 6.54 Å². The molecule has 192 valence electrons. The fraction of sp³-hybridized carbons (Fsp3) is 0.677. The van der Waals surface area contributed by atoms with E-state index < -0.39 is 0 Å². The largest absolute Gasteiger partial charge is 0.491 e. The number of hydrogen-bond donors (Lipinski definition) is 2. The van der Waals surface area contributed by atoms with E-state index in [-0.39, 0.29) is 6.10 Å². The Hall–Kier alpha value is -1.90. The van der Waals surface area contributed by atoms with Gasteiger partial charge in [-0.3, -0.25) is 0 Å². The van der Waals surface area contributed by atoms with Gasteiger partial charge in [-0.15, -0.1) is 0 Å². The maximum atomic E-state index is 5.86.